The number of aliphatic hydroxyl groups excluding tert-OH is 1. The summed E-state index contributed by atoms with van der Waals surface area (Å²) in [5.74, 6) is -0.312. The standard InChI is InChI=1S/C6H10O2.C4H10O/c1-4-8-6(7)5(2)3;1-3-4(2)5/h2,4H2,1,3H3;4-5H,3H2,1-2H3. The first kappa shape index (κ1) is 14.7. The molecule has 0 aromatic heterocycles. The first-order valence-electron chi connectivity index (χ1n) is 4.46. The van der Waals surface area contributed by atoms with Crippen LogP contribution in [-0.2, 0) is 9.53 Å². The lowest BCUT2D eigenvalue weighted by Crippen LogP contribution is -2.03. The van der Waals surface area contributed by atoms with Crippen LogP contribution < -0.4 is 0 Å². The minimum Gasteiger partial charge on any atom is -0.463 e. The van der Waals surface area contributed by atoms with Crippen molar-refractivity contribution in [2.45, 2.75) is 40.2 Å². The highest BCUT2D eigenvalue weighted by Crippen LogP contribution is 1.89. The smallest absolute Gasteiger partial charge is 0.333 e. The van der Waals surface area contributed by atoms with Crippen LogP contribution in [0.1, 0.15) is 34.1 Å². The van der Waals surface area contributed by atoms with Crippen LogP contribution >= 0.6 is 0 Å². The maximum Gasteiger partial charge on any atom is 0.333 e. The predicted octanol–water partition coefficient (Wildman–Crippen LogP) is 1.90. The Morgan fingerprint density at radius 3 is 2.00 bits per heavy atom. The summed E-state index contributed by atoms with van der Waals surface area (Å²) in [4.78, 5) is 10.4. The Kier molecular flexibility index (Phi) is 10.5. The predicted molar refractivity (Wildman–Crippen MR) is 53.4 cm³/mol. The number of rotatable bonds is 3. The molecular weight excluding hydrogens is 168 g/mol. The highest BCUT2D eigenvalue weighted by molar-refractivity contribution is 5.86. The number of esters is 1. The fraction of sp³-hybridized carbons (Fsp3) is 0.700. The maximum absolute atomic E-state index is 10.4. The van der Waals surface area contributed by atoms with Crippen molar-refractivity contribution in [2.75, 3.05) is 6.61 Å². The Labute approximate surface area is 80.4 Å². The van der Waals surface area contributed by atoms with Crippen LogP contribution in [0.4, 0.5) is 0 Å². The Morgan fingerprint density at radius 1 is 1.54 bits per heavy atom. The van der Waals surface area contributed by atoms with E-state index in [1.54, 1.807) is 20.8 Å². The number of hydrogen-bond donors (Lipinski definition) is 1. The fourth-order valence-corrected chi connectivity index (χ4v) is 0.254. The molecular formula is C10H20O3. The van der Waals surface area contributed by atoms with Crippen LogP contribution in [-0.4, -0.2) is 23.8 Å². The van der Waals surface area contributed by atoms with Gasteiger partial charge in [0.15, 0.2) is 0 Å². The van der Waals surface area contributed by atoms with E-state index in [9.17, 15) is 4.79 Å². The second-order valence-electron chi connectivity index (χ2n) is 2.76. The van der Waals surface area contributed by atoms with E-state index in [4.69, 9.17) is 5.11 Å². The molecule has 0 aromatic carbocycles. The van der Waals surface area contributed by atoms with Crippen LogP contribution in [0.2, 0.25) is 0 Å². The van der Waals surface area contributed by atoms with E-state index in [0.717, 1.165) is 6.42 Å². The van der Waals surface area contributed by atoms with Gasteiger partial charge in [-0.3, -0.25) is 0 Å². The molecule has 78 valence electrons. The monoisotopic (exact) mass is 188 g/mol. The van der Waals surface area contributed by atoms with E-state index in [1.807, 2.05) is 6.92 Å². The lowest BCUT2D eigenvalue weighted by atomic mass is 10.3. The molecule has 0 saturated carbocycles. The van der Waals surface area contributed by atoms with E-state index < -0.39 is 0 Å². The molecule has 0 amide bonds. The third kappa shape index (κ3) is 14.1. The zero-order valence-electron chi connectivity index (χ0n) is 8.96. The molecule has 0 aliphatic heterocycles. The summed E-state index contributed by atoms with van der Waals surface area (Å²) in [6, 6.07) is 0. The normalized spacial score (nSPS) is 10.8. The Morgan fingerprint density at radius 2 is 1.92 bits per heavy atom. The number of hydrogen-bond acceptors (Lipinski definition) is 3. The summed E-state index contributed by atoms with van der Waals surface area (Å²) in [6.07, 6.45) is 0.745. The second-order valence-corrected chi connectivity index (χ2v) is 2.76. The van der Waals surface area contributed by atoms with E-state index in [2.05, 4.69) is 11.3 Å². The van der Waals surface area contributed by atoms with Gasteiger partial charge in [0.25, 0.3) is 0 Å². The molecule has 0 saturated heterocycles. The average molecular weight is 188 g/mol. The molecule has 1 N–H and O–H groups in total. The molecule has 0 rings (SSSR count). The van der Waals surface area contributed by atoms with Crippen molar-refractivity contribution in [2.24, 2.45) is 0 Å². The SMILES string of the molecule is C=C(C)C(=O)OCC.CCC(C)O. The van der Waals surface area contributed by atoms with E-state index in [0.29, 0.717) is 12.2 Å². The Bertz CT molecular complexity index is 150. The molecule has 3 nitrogen and oxygen atoms in total. The molecule has 1 atom stereocenters. The van der Waals surface area contributed by atoms with Gasteiger partial charge in [0, 0.05) is 5.57 Å². The van der Waals surface area contributed by atoms with Gasteiger partial charge in [-0.2, -0.15) is 0 Å². The third-order valence-corrected chi connectivity index (χ3v) is 1.21. The van der Waals surface area contributed by atoms with Crippen molar-refractivity contribution in [1.82, 2.24) is 0 Å². The Hall–Kier alpha value is -0.830. The van der Waals surface area contributed by atoms with E-state index in [-0.39, 0.29) is 12.1 Å². The zero-order valence-corrected chi connectivity index (χ0v) is 8.96. The van der Waals surface area contributed by atoms with Crippen LogP contribution in [0.3, 0.4) is 0 Å². The molecule has 0 aliphatic carbocycles. The zero-order chi connectivity index (χ0) is 10.9. The average Bonchev–Trinajstić information content (AvgIpc) is 2.06. The maximum atomic E-state index is 10.4. The fourth-order valence-electron chi connectivity index (χ4n) is 0.254. The lowest BCUT2D eigenvalue weighted by Gasteiger charge is -1.96. The molecule has 0 spiro atoms. The van der Waals surface area contributed by atoms with Gasteiger partial charge in [-0.05, 0) is 27.2 Å². The van der Waals surface area contributed by atoms with Crippen molar-refractivity contribution in [3.05, 3.63) is 12.2 Å². The molecule has 0 aromatic rings. The van der Waals surface area contributed by atoms with Crippen molar-refractivity contribution in [3.8, 4) is 0 Å². The van der Waals surface area contributed by atoms with Crippen LogP contribution in [0.15, 0.2) is 12.2 Å². The van der Waals surface area contributed by atoms with Crippen molar-refractivity contribution >= 4 is 5.97 Å². The van der Waals surface area contributed by atoms with Gasteiger partial charge in [-0.25, -0.2) is 4.79 Å². The van der Waals surface area contributed by atoms with Gasteiger partial charge in [0.1, 0.15) is 0 Å². The van der Waals surface area contributed by atoms with Crippen molar-refractivity contribution in [3.63, 3.8) is 0 Å². The third-order valence-electron chi connectivity index (χ3n) is 1.21. The minimum atomic E-state index is -0.312. The lowest BCUT2D eigenvalue weighted by molar-refractivity contribution is -0.138. The van der Waals surface area contributed by atoms with Crippen LogP contribution in [0.5, 0.6) is 0 Å². The van der Waals surface area contributed by atoms with Crippen molar-refractivity contribution in [1.29, 1.82) is 0 Å². The summed E-state index contributed by atoms with van der Waals surface area (Å²) in [5, 5.41) is 8.36. The molecule has 0 radical (unpaired) electrons. The summed E-state index contributed by atoms with van der Waals surface area (Å²) >= 11 is 0. The van der Waals surface area contributed by atoms with Gasteiger partial charge < -0.3 is 9.84 Å². The first-order valence-corrected chi connectivity index (χ1v) is 4.46. The summed E-state index contributed by atoms with van der Waals surface area (Å²) < 4.78 is 4.56. The topological polar surface area (TPSA) is 46.5 Å². The molecule has 13 heavy (non-hydrogen) atoms. The molecule has 3 heteroatoms. The summed E-state index contributed by atoms with van der Waals surface area (Å²) in [5.41, 5.74) is 0.451. The summed E-state index contributed by atoms with van der Waals surface area (Å²) in [6.45, 7) is 10.9. The van der Waals surface area contributed by atoms with Crippen LogP contribution in [0, 0.1) is 0 Å². The molecule has 0 fully saturated rings. The summed E-state index contributed by atoms with van der Waals surface area (Å²) in [7, 11) is 0. The number of carbonyl (C=O) groups excluding carboxylic acids is 1. The molecule has 0 bridgehead atoms. The highest BCUT2D eigenvalue weighted by Gasteiger charge is 1.98. The number of aliphatic hydroxyl groups is 1. The van der Waals surface area contributed by atoms with Gasteiger partial charge in [0.2, 0.25) is 0 Å². The van der Waals surface area contributed by atoms with E-state index >= 15 is 0 Å². The van der Waals surface area contributed by atoms with Gasteiger partial charge in [0.05, 0.1) is 12.7 Å². The number of ether oxygens (including phenoxy) is 1. The quantitative estimate of drug-likeness (QED) is 0.543. The first-order chi connectivity index (χ1) is 5.95. The molecule has 1 unspecified atom stereocenters. The van der Waals surface area contributed by atoms with Gasteiger partial charge >= 0.3 is 5.97 Å². The van der Waals surface area contributed by atoms with Crippen LogP contribution in [0.25, 0.3) is 0 Å². The largest absolute Gasteiger partial charge is 0.463 e. The molecule has 0 aliphatic rings. The minimum absolute atomic E-state index is 0.116. The van der Waals surface area contributed by atoms with Crippen molar-refractivity contribution < 1.29 is 14.6 Å². The molecule has 0 heterocycles. The van der Waals surface area contributed by atoms with Gasteiger partial charge in [-0.15, -0.1) is 0 Å². The van der Waals surface area contributed by atoms with E-state index in [1.165, 1.54) is 0 Å². The Balaban J connectivity index is 0. The van der Waals surface area contributed by atoms with Gasteiger partial charge in [-0.1, -0.05) is 13.5 Å². The second kappa shape index (κ2) is 9.26. The number of carbonyl (C=O) groups is 1. The highest BCUT2D eigenvalue weighted by atomic mass is 16.5.